The minimum absolute atomic E-state index is 0.0282. The number of aryl methyl sites for hydroxylation is 1. The SMILES string of the molecule is CCC(C)(CC)NC(=O)c1cc(C)c(C#CCCO)s1. The van der Waals surface area contributed by atoms with Crippen molar-refractivity contribution in [3.63, 3.8) is 0 Å². The van der Waals surface area contributed by atoms with Gasteiger partial charge in [0.05, 0.1) is 16.4 Å². The van der Waals surface area contributed by atoms with Crippen molar-refractivity contribution in [2.24, 2.45) is 0 Å². The summed E-state index contributed by atoms with van der Waals surface area (Å²) in [5.74, 6) is 5.87. The molecule has 0 aromatic carbocycles. The van der Waals surface area contributed by atoms with Gasteiger partial charge >= 0.3 is 0 Å². The number of hydrogen-bond acceptors (Lipinski definition) is 3. The van der Waals surface area contributed by atoms with E-state index in [1.807, 2.05) is 13.0 Å². The summed E-state index contributed by atoms with van der Waals surface area (Å²) in [4.78, 5) is 13.9. The third-order valence-electron chi connectivity index (χ3n) is 3.56. The number of rotatable bonds is 5. The Morgan fingerprint density at radius 1 is 1.45 bits per heavy atom. The maximum atomic E-state index is 12.3. The molecule has 0 saturated carbocycles. The molecule has 1 rings (SSSR count). The fourth-order valence-electron chi connectivity index (χ4n) is 1.68. The lowest BCUT2D eigenvalue weighted by molar-refractivity contribution is 0.0905. The summed E-state index contributed by atoms with van der Waals surface area (Å²) in [5, 5.41) is 11.8. The van der Waals surface area contributed by atoms with Crippen LogP contribution in [0, 0.1) is 18.8 Å². The Morgan fingerprint density at radius 3 is 2.65 bits per heavy atom. The molecule has 0 aliphatic carbocycles. The van der Waals surface area contributed by atoms with Gasteiger partial charge in [0.1, 0.15) is 0 Å². The highest BCUT2D eigenvalue weighted by Gasteiger charge is 2.23. The van der Waals surface area contributed by atoms with Crippen LogP contribution in [0.2, 0.25) is 0 Å². The van der Waals surface area contributed by atoms with E-state index in [0.29, 0.717) is 11.3 Å². The van der Waals surface area contributed by atoms with Crippen molar-refractivity contribution in [2.75, 3.05) is 6.61 Å². The fraction of sp³-hybridized carbons (Fsp3) is 0.562. The quantitative estimate of drug-likeness (QED) is 0.820. The molecule has 0 aliphatic rings. The molecule has 3 nitrogen and oxygen atoms in total. The van der Waals surface area contributed by atoms with Gasteiger partial charge in [-0.2, -0.15) is 0 Å². The van der Waals surface area contributed by atoms with Crippen molar-refractivity contribution in [3.8, 4) is 11.8 Å². The van der Waals surface area contributed by atoms with Gasteiger partial charge in [0.15, 0.2) is 0 Å². The van der Waals surface area contributed by atoms with E-state index in [0.717, 1.165) is 23.3 Å². The van der Waals surface area contributed by atoms with E-state index >= 15 is 0 Å². The summed E-state index contributed by atoms with van der Waals surface area (Å²) in [6.07, 6.45) is 2.27. The van der Waals surface area contributed by atoms with Gasteiger partial charge in [0, 0.05) is 12.0 Å². The van der Waals surface area contributed by atoms with E-state index in [4.69, 9.17) is 5.11 Å². The average molecular weight is 293 g/mol. The lowest BCUT2D eigenvalue weighted by Gasteiger charge is -2.27. The van der Waals surface area contributed by atoms with Crippen molar-refractivity contribution in [1.29, 1.82) is 0 Å². The number of aliphatic hydroxyl groups excluding tert-OH is 1. The van der Waals surface area contributed by atoms with E-state index in [1.165, 1.54) is 11.3 Å². The zero-order chi connectivity index (χ0) is 15.2. The molecule has 0 bridgehead atoms. The van der Waals surface area contributed by atoms with Crippen LogP contribution in [0.1, 0.15) is 60.1 Å². The number of aliphatic hydroxyl groups is 1. The Labute approximate surface area is 125 Å². The molecule has 0 fully saturated rings. The molecule has 1 aromatic rings. The van der Waals surface area contributed by atoms with E-state index in [1.54, 1.807) is 0 Å². The largest absolute Gasteiger partial charge is 0.395 e. The third kappa shape index (κ3) is 4.36. The molecule has 2 N–H and O–H groups in total. The van der Waals surface area contributed by atoms with Crippen LogP contribution in [0.3, 0.4) is 0 Å². The predicted octanol–water partition coefficient (Wildman–Crippen LogP) is 3.10. The van der Waals surface area contributed by atoms with Crippen LogP contribution in [0.15, 0.2) is 6.07 Å². The van der Waals surface area contributed by atoms with Gasteiger partial charge < -0.3 is 10.4 Å². The van der Waals surface area contributed by atoms with E-state index in [2.05, 4.69) is 37.9 Å². The van der Waals surface area contributed by atoms with Gasteiger partial charge in [-0.05, 0) is 38.3 Å². The molecule has 4 heteroatoms. The molecule has 110 valence electrons. The molecule has 0 aliphatic heterocycles. The van der Waals surface area contributed by atoms with Gasteiger partial charge in [0.2, 0.25) is 0 Å². The van der Waals surface area contributed by atoms with Crippen LogP contribution in [-0.2, 0) is 0 Å². The molecule has 0 saturated heterocycles. The first-order valence-electron chi connectivity index (χ1n) is 6.98. The first-order chi connectivity index (χ1) is 9.45. The summed E-state index contributed by atoms with van der Waals surface area (Å²) in [6, 6.07) is 1.88. The molecule has 1 aromatic heterocycles. The molecule has 0 radical (unpaired) electrons. The maximum Gasteiger partial charge on any atom is 0.261 e. The van der Waals surface area contributed by atoms with Gasteiger partial charge in [-0.15, -0.1) is 11.3 Å². The predicted molar refractivity (Wildman–Crippen MR) is 84.1 cm³/mol. The summed E-state index contributed by atoms with van der Waals surface area (Å²) in [7, 11) is 0. The summed E-state index contributed by atoms with van der Waals surface area (Å²) >= 11 is 1.41. The number of carbonyl (C=O) groups excluding carboxylic acids is 1. The van der Waals surface area contributed by atoms with Crippen LogP contribution in [0.25, 0.3) is 0 Å². The lowest BCUT2D eigenvalue weighted by atomic mass is 9.95. The second-order valence-electron chi connectivity index (χ2n) is 5.12. The van der Waals surface area contributed by atoms with Crippen molar-refractivity contribution >= 4 is 17.2 Å². The van der Waals surface area contributed by atoms with Gasteiger partial charge in [0.25, 0.3) is 5.91 Å². The Bertz CT molecular complexity index is 518. The molecule has 1 amide bonds. The van der Waals surface area contributed by atoms with Crippen molar-refractivity contribution in [2.45, 2.75) is 52.5 Å². The Kier molecular flexibility index (Phi) is 6.25. The summed E-state index contributed by atoms with van der Waals surface area (Å²) in [6.45, 7) is 8.24. The second-order valence-corrected chi connectivity index (χ2v) is 6.17. The standard InChI is InChI=1S/C16H23NO2S/c1-5-16(4,6-2)17-15(19)14-11-12(3)13(20-14)9-7-8-10-18/h11,18H,5-6,8,10H2,1-4H3,(H,17,19). The molecule has 0 spiro atoms. The maximum absolute atomic E-state index is 12.3. The van der Waals surface area contributed by atoms with E-state index < -0.39 is 0 Å². The summed E-state index contributed by atoms with van der Waals surface area (Å²) < 4.78 is 0. The number of thiophene rings is 1. The van der Waals surface area contributed by atoms with Gasteiger partial charge in [-0.3, -0.25) is 4.79 Å². The van der Waals surface area contributed by atoms with Crippen LogP contribution in [-0.4, -0.2) is 23.2 Å². The van der Waals surface area contributed by atoms with Crippen LogP contribution in [0.4, 0.5) is 0 Å². The normalized spacial score (nSPS) is 10.8. The second kappa shape index (κ2) is 7.47. The molecular weight excluding hydrogens is 270 g/mol. The van der Waals surface area contributed by atoms with E-state index in [9.17, 15) is 4.79 Å². The Balaban J connectivity index is 2.86. The molecule has 0 atom stereocenters. The smallest absolute Gasteiger partial charge is 0.261 e. The lowest BCUT2D eigenvalue weighted by Crippen LogP contribution is -2.44. The number of carbonyl (C=O) groups is 1. The first kappa shape index (κ1) is 16.7. The number of hydrogen-bond donors (Lipinski definition) is 2. The average Bonchev–Trinajstić information content (AvgIpc) is 2.80. The van der Waals surface area contributed by atoms with Crippen molar-refractivity contribution < 1.29 is 9.90 Å². The highest BCUT2D eigenvalue weighted by Crippen LogP contribution is 2.22. The fourth-order valence-corrected chi connectivity index (χ4v) is 2.62. The number of nitrogens with one attached hydrogen (secondary N) is 1. The summed E-state index contributed by atoms with van der Waals surface area (Å²) in [5.41, 5.74) is 0.859. The Hall–Kier alpha value is -1.31. The monoisotopic (exact) mass is 293 g/mol. The van der Waals surface area contributed by atoms with Crippen LogP contribution < -0.4 is 5.32 Å². The van der Waals surface area contributed by atoms with E-state index in [-0.39, 0.29) is 18.1 Å². The van der Waals surface area contributed by atoms with Gasteiger partial charge in [-0.1, -0.05) is 25.7 Å². The zero-order valence-corrected chi connectivity index (χ0v) is 13.5. The zero-order valence-electron chi connectivity index (χ0n) is 12.7. The highest BCUT2D eigenvalue weighted by atomic mass is 32.1. The van der Waals surface area contributed by atoms with Crippen molar-refractivity contribution in [1.82, 2.24) is 5.32 Å². The highest BCUT2D eigenvalue weighted by molar-refractivity contribution is 7.14. The number of amides is 1. The molecule has 1 heterocycles. The van der Waals surface area contributed by atoms with Gasteiger partial charge in [-0.25, -0.2) is 0 Å². The van der Waals surface area contributed by atoms with Crippen LogP contribution >= 0.6 is 11.3 Å². The Morgan fingerprint density at radius 2 is 2.10 bits per heavy atom. The third-order valence-corrected chi connectivity index (χ3v) is 4.71. The topological polar surface area (TPSA) is 49.3 Å². The van der Waals surface area contributed by atoms with Crippen molar-refractivity contribution in [3.05, 3.63) is 21.4 Å². The first-order valence-corrected chi connectivity index (χ1v) is 7.80. The molecule has 20 heavy (non-hydrogen) atoms. The van der Waals surface area contributed by atoms with Crippen LogP contribution in [0.5, 0.6) is 0 Å². The molecule has 0 unspecified atom stereocenters. The minimum Gasteiger partial charge on any atom is -0.395 e. The minimum atomic E-state index is -0.155. The molecular formula is C16H23NO2S.